The fraction of sp³-hybridized carbons (Fsp3) is 0.435. The van der Waals surface area contributed by atoms with Crippen molar-refractivity contribution in [2.75, 3.05) is 40.0 Å². The molecule has 32 heavy (non-hydrogen) atoms. The van der Waals surface area contributed by atoms with Gasteiger partial charge in [0, 0.05) is 18.7 Å². The summed E-state index contributed by atoms with van der Waals surface area (Å²) in [6.07, 6.45) is -4.77. The van der Waals surface area contributed by atoms with Gasteiger partial charge < -0.3 is 23.8 Å². The fourth-order valence-electron chi connectivity index (χ4n) is 3.41. The first kappa shape index (κ1) is 23.9. The van der Waals surface area contributed by atoms with Crippen molar-refractivity contribution in [2.24, 2.45) is 0 Å². The third kappa shape index (κ3) is 6.14. The van der Waals surface area contributed by atoms with Crippen molar-refractivity contribution in [1.82, 2.24) is 4.90 Å². The molecular formula is C23H26F3NO5. The first-order valence-corrected chi connectivity index (χ1v) is 10.3. The molecule has 1 aliphatic rings. The van der Waals surface area contributed by atoms with Crippen molar-refractivity contribution in [1.29, 1.82) is 0 Å². The van der Waals surface area contributed by atoms with Gasteiger partial charge >= 0.3 is 6.18 Å². The summed E-state index contributed by atoms with van der Waals surface area (Å²) in [5, 5.41) is 0. The minimum absolute atomic E-state index is 0.0217. The zero-order valence-corrected chi connectivity index (χ0v) is 18.0. The molecule has 1 unspecified atom stereocenters. The number of nitrogens with zero attached hydrogens (tertiary/aromatic N) is 1. The average Bonchev–Trinajstić information content (AvgIpc) is 2.78. The van der Waals surface area contributed by atoms with Gasteiger partial charge in [0.2, 0.25) is 0 Å². The van der Waals surface area contributed by atoms with Gasteiger partial charge in [0.1, 0.15) is 0 Å². The summed E-state index contributed by atoms with van der Waals surface area (Å²) < 4.78 is 60.5. The minimum atomic E-state index is -4.40. The number of benzene rings is 2. The van der Waals surface area contributed by atoms with E-state index in [1.807, 2.05) is 6.92 Å². The van der Waals surface area contributed by atoms with Crippen molar-refractivity contribution >= 4 is 5.91 Å². The van der Waals surface area contributed by atoms with Gasteiger partial charge in [-0.25, -0.2) is 0 Å². The molecule has 1 aliphatic heterocycles. The summed E-state index contributed by atoms with van der Waals surface area (Å²) in [7, 11) is 1.53. The van der Waals surface area contributed by atoms with Crippen molar-refractivity contribution < 1.29 is 36.9 Å². The number of morpholine rings is 1. The molecule has 1 atom stereocenters. The number of hydrogen-bond acceptors (Lipinski definition) is 5. The lowest BCUT2D eigenvalue weighted by molar-refractivity contribution is -0.137. The third-order valence-electron chi connectivity index (χ3n) is 4.96. The van der Waals surface area contributed by atoms with Crippen molar-refractivity contribution in [3.63, 3.8) is 0 Å². The monoisotopic (exact) mass is 453 g/mol. The largest absolute Gasteiger partial charge is 0.493 e. The molecule has 0 spiro atoms. The quantitative estimate of drug-likeness (QED) is 0.601. The van der Waals surface area contributed by atoms with Gasteiger partial charge in [-0.3, -0.25) is 4.79 Å². The second-order valence-electron chi connectivity index (χ2n) is 7.26. The molecule has 9 heteroatoms. The Bertz CT molecular complexity index is 919. The molecule has 1 saturated heterocycles. The van der Waals surface area contributed by atoms with E-state index in [0.717, 1.165) is 12.1 Å². The smallest absolute Gasteiger partial charge is 0.416 e. The Hall–Kier alpha value is -2.78. The molecule has 2 aromatic carbocycles. The zero-order valence-electron chi connectivity index (χ0n) is 18.0. The van der Waals surface area contributed by atoms with E-state index in [4.69, 9.17) is 18.9 Å². The first-order chi connectivity index (χ1) is 15.3. The molecule has 0 saturated carbocycles. The Morgan fingerprint density at radius 2 is 2.00 bits per heavy atom. The van der Waals surface area contributed by atoms with Crippen LogP contribution in [0.4, 0.5) is 13.2 Å². The Morgan fingerprint density at radius 3 is 2.72 bits per heavy atom. The van der Waals surface area contributed by atoms with E-state index in [9.17, 15) is 18.0 Å². The topological polar surface area (TPSA) is 57.2 Å². The molecule has 2 aromatic rings. The van der Waals surface area contributed by atoms with Crippen LogP contribution in [-0.2, 0) is 22.3 Å². The highest BCUT2D eigenvalue weighted by atomic mass is 19.4. The lowest BCUT2D eigenvalue weighted by Gasteiger charge is -2.33. The Balaban J connectivity index is 1.56. The maximum absolute atomic E-state index is 13.0. The van der Waals surface area contributed by atoms with Crippen LogP contribution in [0.3, 0.4) is 0 Å². The van der Waals surface area contributed by atoms with Crippen LogP contribution >= 0.6 is 0 Å². The Morgan fingerprint density at radius 1 is 1.19 bits per heavy atom. The molecule has 174 valence electrons. The van der Waals surface area contributed by atoms with Crippen LogP contribution in [0.5, 0.6) is 11.5 Å². The highest BCUT2D eigenvalue weighted by molar-refractivity contribution is 5.95. The Kier molecular flexibility index (Phi) is 7.98. The van der Waals surface area contributed by atoms with E-state index in [0.29, 0.717) is 48.9 Å². The summed E-state index contributed by atoms with van der Waals surface area (Å²) in [4.78, 5) is 14.6. The summed E-state index contributed by atoms with van der Waals surface area (Å²) in [6.45, 7) is 3.56. The van der Waals surface area contributed by atoms with Crippen molar-refractivity contribution in [2.45, 2.75) is 25.8 Å². The van der Waals surface area contributed by atoms with Crippen molar-refractivity contribution in [3.8, 4) is 11.5 Å². The number of rotatable bonds is 8. The number of carbonyl (C=O) groups excluding carboxylic acids is 1. The van der Waals surface area contributed by atoms with E-state index in [2.05, 4.69) is 0 Å². The van der Waals surface area contributed by atoms with Crippen LogP contribution in [0.25, 0.3) is 0 Å². The Labute approximate surface area is 184 Å². The van der Waals surface area contributed by atoms with E-state index in [1.54, 1.807) is 29.2 Å². The lowest BCUT2D eigenvalue weighted by atomic mass is 10.1. The second-order valence-corrected chi connectivity index (χ2v) is 7.26. The maximum Gasteiger partial charge on any atom is 0.416 e. The molecule has 1 fully saturated rings. The molecule has 0 aliphatic carbocycles. The van der Waals surface area contributed by atoms with Gasteiger partial charge in [-0.05, 0) is 42.8 Å². The normalized spacial score (nSPS) is 16.7. The predicted octanol–water partition coefficient (Wildman–Crippen LogP) is 4.17. The van der Waals surface area contributed by atoms with Gasteiger partial charge in [-0.2, -0.15) is 13.2 Å². The van der Waals surface area contributed by atoms with Crippen LogP contribution in [0.15, 0.2) is 42.5 Å². The number of carbonyl (C=O) groups is 1. The van der Waals surface area contributed by atoms with Gasteiger partial charge in [0.05, 0.1) is 45.2 Å². The highest BCUT2D eigenvalue weighted by Crippen LogP contribution is 2.30. The first-order valence-electron chi connectivity index (χ1n) is 10.3. The van der Waals surface area contributed by atoms with Gasteiger partial charge in [0.25, 0.3) is 5.91 Å². The number of hydrogen-bond donors (Lipinski definition) is 0. The van der Waals surface area contributed by atoms with Gasteiger partial charge in [0.15, 0.2) is 11.5 Å². The number of methoxy groups -OCH3 is 1. The SMILES string of the molecule is CCOc1cc(C(=O)N2CCOC(COCc3cccc(C(F)(F)F)c3)C2)ccc1OC. The van der Waals surface area contributed by atoms with Crippen LogP contribution in [-0.4, -0.2) is 56.9 Å². The maximum atomic E-state index is 13.0. The number of amides is 1. The summed E-state index contributed by atoms with van der Waals surface area (Å²) in [6, 6.07) is 10.0. The molecule has 0 aromatic heterocycles. The average molecular weight is 453 g/mol. The molecule has 0 radical (unpaired) electrons. The molecule has 3 rings (SSSR count). The molecule has 1 amide bonds. The molecule has 1 heterocycles. The molecule has 0 bridgehead atoms. The fourth-order valence-corrected chi connectivity index (χ4v) is 3.41. The molecule has 6 nitrogen and oxygen atoms in total. The number of halogens is 3. The van der Waals surface area contributed by atoms with Crippen LogP contribution in [0.2, 0.25) is 0 Å². The summed E-state index contributed by atoms with van der Waals surface area (Å²) >= 11 is 0. The van der Waals surface area contributed by atoms with E-state index >= 15 is 0 Å². The third-order valence-corrected chi connectivity index (χ3v) is 4.96. The van der Waals surface area contributed by atoms with E-state index in [1.165, 1.54) is 13.2 Å². The lowest BCUT2D eigenvalue weighted by Crippen LogP contribution is -2.47. The molecular weight excluding hydrogens is 427 g/mol. The minimum Gasteiger partial charge on any atom is -0.493 e. The van der Waals surface area contributed by atoms with Crippen molar-refractivity contribution in [3.05, 3.63) is 59.2 Å². The van der Waals surface area contributed by atoms with Crippen LogP contribution in [0.1, 0.15) is 28.4 Å². The van der Waals surface area contributed by atoms with Crippen LogP contribution < -0.4 is 9.47 Å². The predicted molar refractivity (Wildman–Crippen MR) is 111 cm³/mol. The zero-order chi connectivity index (χ0) is 23.1. The van der Waals surface area contributed by atoms with E-state index < -0.39 is 11.7 Å². The standard InChI is InChI=1S/C23H26F3NO5/c1-3-31-21-12-17(7-8-20(21)29-2)22(28)27-9-10-32-19(13-27)15-30-14-16-5-4-6-18(11-16)23(24,25)26/h4-8,11-12,19H,3,9-10,13-15H2,1-2H3. The summed E-state index contributed by atoms with van der Waals surface area (Å²) in [5.74, 6) is 0.876. The van der Waals surface area contributed by atoms with Crippen LogP contribution in [0, 0.1) is 0 Å². The summed E-state index contributed by atoms with van der Waals surface area (Å²) in [5.41, 5.74) is 0.181. The molecule has 0 N–H and O–H groups in total. The highest BCUT2D eigenvalue weighted by Gasteiger charge is 2.30. The van der Waals surface area contributed by atoms with Gasteiger partial charge in [-0.1, -0.05) is 12.1 Å². The number of ether oxygens (including phenoxy) is 4. The second kappa shape index (κ2) is 10.7. The van der Waals surface area contributed by atoms with Gasteiger partial charge in [-0.15, -0.1) is 0 Å². The van der Waals surface area contributed by atoms with E-state index in [-0.39, 0.29) is 25.2 Å². The number of alkyl halides is 3.